The summed E-state index contributed by atoms with van der Waals surface area (Å²) in [7, 11) is -11.0. The van der Waals surface area contributed by atoms with Crippen molar-refractivity contribution in [2.24, 2.45) is 0 Å². The second-order valence-corrected chi connectivity index (χ2v) is 40.2. The van der Waals surface area contributed by atoms with Crippen LogP contribution in [0, 0.1) is 13.5 Å². The minimum absolute atomic E-state index is 0. The fourth-order valence-electron chi connectivity index (χ4n) is 14.6. The van der Waals surface area contributed by atoms with Gasteiger partial charge in [0.1, 0.15) is 12.4 Å². The summed E-state index contributed by atoms with van der Waals surface area (Å²) in [5, 5.41) is 9.68. The number of benzene rings is 13. The molecule has 1 N–H and O–H groups in total. The Morgan fingerprint density at radius 2 is 0.800 bits per heavy atom. The maximum Gasteiger partial charge on any atom is 0.491 e. The lowest BCUT2D eigenvalue weighted by Gasteiger charge is -2.24. The predicted octanol–water partition coefficient (Wildman–Crippen LogP) is 20.2. The Hall–Kier alpha value is -9.91. The van der Waals surface area contributed by atoms with E-state index in [0.29, 0.717) is 58.8 Å². The van der Waals surface area contributed by atoms with Gasteiger partial charge in [0.25, 0.3) is 20.0 Å². The third-order valence-electron chi connectivity index (χ3n) is 21.8. The van der Waals surface area contributed by atoms with E-state index in [0.717, 1.165) is 95.4 Å². The molecule has 13 aromatic carbocycles. The van der Waals surface area contributed by atoms with Crippen molar-refractivity contribution in [3.8, 4) is 5.75 Å². The van der Waals surface area contributed by atoms with Crippen molar-refractivity contribution in [3.63, 3.8) is 0 Å². The highest BCUT2D eigenvalue weighted by Gasteiger charge is 2.39. The van der Waals surface area contributed by atoms with E-state index in [9.17, 15) is 52.4 Å². The van der Waals surface area contributed by atoms with Gasteiger partial charge in [-0.1, -0.05) is 198 Å². The quantitative estimate of drug-likeness (QED) is 0.0394. The number of fused-ring (bicyclic) bond motifs is 6. The summed E-state index contributed by atoms with van der Waals surface area (Å²) in [5.74, 6) is 0.842. The maximum absolute atomic E-state index is 13.4. The van der Waals surface area contributed by atoms with Gasteiger partial charge < -0.3 is 37.7 Å². The normalized spacial score (nSPS) is 14.0. The first-order valence-electron chi connectivity index (χ1n) is 41.0. The monoisotopic (exact) mass is 1880 g/mol. The first-order chi connectivity index (χ1) is 61.8. The molecule has 6 aliphatic rings. The molecule has 15 nitrogen and oxygen atoms in total. The van der Waals surface area contributed by atoms with Gasteiger partial charge in [-0.3, -0.25) is 0 Å². The fourth-order valence-corrected chi connectivity index (χ4v) is 22.4. The third-order valence-corrected chi connectivity index (χ3v) is 31.1. The number of halogens is 6. The van der Waals surface area contributed by atoms with E-state index < -0.39 is 61.4 Å². The molecule has 0 saturated carbocycles. The van der Waals surface area contributed by atoms with Crippen LogP contribution in [0.4, 0.5) is 37.7 Å². The van der Waals surface area contributed by atoms with Crippen LogP contribution in [0.15, 0.2) is 345 Å². The first-order valence-corrected chi connectivity index (χ1v) is 48.7. The average molecular weight is 1880 g/mol. The minimum atomic E-state index is -4.39. The molecule has 0 fully saturated rings. The van der Waals surface area contributed by atoms with Gasteiger partial charge in [0.2, 0.25) is 0 Å². The number of alkyl halides is 6. The summed E-state index contributed by atoms with van der Waals surface area (Å²) < 4.78 is 181. The molecule has 6 heterocycles. The van der Waals surface area contributed by atoms with Crippen LogP contribution in [0.3, 0.4) is 0 Å². The molecule has 1 unspecified atom stereocenters. The van der Waals surface area contributed by atoms with Gasteiger partial charge in [0.15, 0.2) is 5.69 Å². The molecule has 0 spiro atoms. The molecule has 0 aliphatic carbocycles. The van der Waals surface area contributed by atoms with E-state index in [1.165, 1.54) is 119 Å². The summed E-state index contributed by atoms with van der Waals surface area (Å²) >= 11 is 6.73. The van der Waals surface area contributed by atoms with Crippen molar-refractivity contribution in [1.29, 1.82) is 0 Å². The highest BCUT2D eigenvalue weighted by molar-refractivity contribution is 8.10. The largest absolute Gasteiger partial charge is 0.491 e. The zero-order valence-corrected chi connectivity index (χ0v) is 76.7. The first kappa shape index (κ1) is 97.6. The van der Waals surface area contributed by atoms with Crippen molar-refractivity contribution in [3.05, 3.63) is 358 Å². The number of thioether (sulfide) groups is 1. The van der Waals surface area contributed by atoms with Crippen molar-refractivity contribution in [2.45, 2.75) is 161 Å². The van der Waals surface area contributed by atoms with E-state index >= 15 is 0 Å². The number of hydrogen-bond acceptors (Lipinski definition) is 17. The van der Waals surface area contributed by atoms with Gasteiger partial charge >= 0.3 is 54.0 Å². The fraction of sp³-hybridized carbons (Fsp3) is 0.177. The third kappa shape index (κ3) is 24.5. The summed E-state index contributed by atoms with van der Waals surface area (Å²) in [6, 6.07) is 84.4. The predicted molar refractivity (Wildman–Crippen MR) is 514 cm³/mol. The van der Waals surface area contributed by atoms with Crippen molar-refractivity contribution in [1.82, 2.24) is 0 Å². The molecule has 0 amide bonds. The number of rotatable bonds is 17. The summed E-state index contributed by atoms with van der Waals surface area (Å²) in [4.78, 5) is 12.1. The molecular formula is C96H88B6F6N2O13S7. The second kappa shape index (κ2) is 43.6. The lowest BCUT2D eigenvalue weighted by Crippen LogP contribution is -2.37. The van der Waals surface area contributed by atoms with Crippen LogP contribution < -0.4 is 41.2 Å². The zero-order chi connectivity index (χ0) is 91.3. The Morgan fingerprint density at radius 1 is 0.415 bits per heavy atom. The average Bonchev–Trinajstić information content (AvgIpc) is 1.32. The molecule has 662 valence electrons. The number of nitrogens with zero attached hydrogens (tertiary/aromatic N) is 2. The molecule has 1 atom stereocenters. The molecule has 0 saturated heterocycles. The number of anilines is 1. The van der Waals surface area contributed by atoms with Crippen LogP contribution in [0.1, 0.15) is 63.1 Å². The van der Waals surface area contributed by atoms with Crippen molar-refractivity contribution < 1.29 is 85.1 Å². The number of hydrogen-bond donors (Lipinski definition) is 1. The summed E-state index contributed by atoms with van der Waals surface area (Å²) in [6.45, 7) is 23.2. The number of ether oxygens (including phenoxy) is 1. The molecule has 34 heteroatoms. The van der Waals surface area contributed by atoms with E-state index in [1.54, 1.807) is 90.3 Å². The lowest BCUT2D eigenvalue weighted by molar-refractivity contribution is -0.138. The summed E-state index contributed by atoms with van der Waals surface area (Å²) in [5.41, 5.74) is 14.7. The molecule has 19 rings (SSSR count). The molecule has 13 aromatic rings. The van der Waals surface area contributed by atoms with Crippen molar-refractivity contribution >= 4 is 164 Å². The SMILES string of the molecule is C.CB1OCc2cc(N(S(=O)(=O)c3ccccc3)S(=O)(=O)c3ccccc3)ccc21.CB1OCc2ccc(S(=O)c3ccc(C(F)(F)F)cc3)cc21.CB1OCc2ccc(Sc3ccc(C(F)(F)F)cc3)cc21.CSc1ccc(Sc2ccc3c(c2)B(C)OC3)cc1.Cc1ccc(Sc2ccc3c(c2)B(O)OC3)cc1.[C-]#[N+]c1cccc(COc2ccc3c(c2)COB3C)c1. The second-order valence-electron chi connectivity index (χ2n) is 30.6. The van der Waals surface area contributed by atoms with Gasteiger partial charge in [-0.15, -0.1) is 11.8 Å². The van der Waals surface area contributed by atoms with Crippen LogP contribution in [-0.2, 0) is 117 Å². The molecule has 0 bridgehead atoms. The Morgan fingerprint density at radius 3 is 1.28 bits per heavy atom. The molecule has 130 heavy (non-hydrogen) atoms. The van der Waals surface area contributed by atoms with Crippen molar-refractivity contribution in [2.75, 3.05) is 9.97 Å². The number of sulfonamides is 2. The van der Waals surface area contributed by atoms with Crippen LogP contribution >= 0.6 is 47.0 Å². The maximum atomic E-state index is 13.4. The summed E-state index contributed by atoms with van der Waals surface area (Å²) in [6.07, 6.45) is -6.58. The highest BCUT2D eigenvalue weighted by atomic mass is 32.3. The molecule has 0 radical (unpaired) electrons. The lowest BCUT2D eigenvalue weighted by atomic mass is 9.64. The topological polar surface area (TPSA) is 178 Å². The molecule has 6 aliphatic heterocycles. The van der Waals surface area contributed by atoms with E-state index in [4.69, 9.17) is 39.2 Å². The van der Waals surface area contributed by atoms with Gasteiger partial charge in [0, 0.05) is 44.1 Å². The van der Waals surface area contributed by atoms with Crippen LogP contribution in [0.2, 0.25) is 34.1 Å². The standard InChI is InChI=1S/C20H18BNO5S2.C16H14BNO2.C15H12BF3O2S.C15H12BF3OS.C15H15BOS2.C14H13BO2S.CH4/c1-21-20-13-12-17(14-16(20)15-27-21)22(28(23,24)18-8-4-2-5-9-18)29(25,26)19-10-6-3-7-11-19;1-17-16-7-6-15(9-13(16)11-20-17)19-10-12-4-3-5-14(8-12)18-2;1-16-14-8-13(5-2-10(14)9-21-16)22(20)12-6-3-11(4-7-12)15(17,18)19;1-16-14-8-13(5-2-10(14)9-20-16)21-12-6-3-11(4-7-12)15(17,18)19;1-16-15-9-14(4-3-11(15)10-17-16)19-13-7-5-12(18-2)6-8-13;1-10-2-5-12(6-3-10)18-13-7-4-11-9-17-15(16)14(11)8-13;/h2-14H,15H2,1H3;3-9H,10-11H2,1H3;2-8H,9H2,1H3;2-8H,9H2,1H3;3-9H,10H2,1-2H3;2-8,16H,9H2,1H3;1H4. The van der Waals surface area contributed by atoms with Gasteiger partial charge in [-0.2, -0.15) is 30.1 Å². The minimum Gasteiger partial charge on any atom is -0.489 e. The smallest absolute Gasteiger partial charge is 0.489 e. The Bertz CT molecular complexity index is 6380. The van der Waals surface area contributed by atoms with Gasteiger partial charge in [0.05, 0.1) is 83.6 Å². The Balaban J connectivity index is 0.000000134. The van der Waals surface area contributed by atoms with E-state index in [-0.39, 0.29) is 57.5 Å². The van der Waals surface area contributed by atoms with Crippen LogP contribution in [0.5, 0.6) is 5.75 Å². The van der Waals surface area contributed by atoms with E-state index in [2.05, 4.69) is 117 Å². The van der Waals surface area contributed by atoms with Gasteiger partial charge in [-0.05, 0) is 261 Å². The highest BCUT2D eigenvalue weighted by Crippen LogP contribution is 2.38. The molecular weight excluding hydrogens is 1790 g/mol. The Kier molecular flexibility index (Phi) is 32.8. The van der Waals surface area contributed by atoms with Crippen LogP contribution in [0.25, 0.3) is 4.85 Å². The number of aryl methyl sites for hydroxylation is 1. The van der Waals surface area contributed by atoms with Gasteiger partial charge in [-0.25, -0.2) is 25.9 Å². The molecule has 0 aromatic heterocycles. The van der Waals surface area contributed by atoms with E-state index in [1.807, 2.05) is 92.9 Å². The van der Waals surface area contributed by atoms with Crippen LogP contribution in [-0.4, -0.2) is 74.0 Å². The Labute approximate surface area is 777 Å². The zero-order valence-electron chi connectivity index (χ0n) is 71.0.